The van der Waals surface area contributed by atoms with Crippen LogP contribution in [0, 0.1) is 6.92 Å². The van der Waals surface area contributed by atoms with Crippen molar-refractivity contribution in [3.63, 3.8) is 0 Å². The third-order valence-electron chi connectivity index (χ3n) is 2.85. The van der Waals surface area contributed by atoms with Gasteiger partial charge >= 0.3 is 0 Å². The Hall–Kier alpha value is -2.39. The number of hydrogen-bond acceptors (Lipinski definition) is 6. The van der Waals surface area contributed by atoms with Crippen LogP contribution in [0.1, 0.15) is 5.76 Å². The van der Waals surface area contributed by atoms with Crippen molar-refractivity contribution in [1.82, 2.24) is 9.46 Å². The minimum absolute atomic E-state index is 0.0911. The van der Waals surface area contributed by atoms with E-state index in [0.29, 0.717) is 11.4 Å². The Morgan fingerprint density at radius 2 is 2.09 bits per heavy atom. The number of rotatable bonds is 6. The Labute approximate surface area is 134 Å². The highest BCUT2D eigenvalue weighted by Crippen LogP contribution is 2.18. The summed E-state index contributed by atoms with van der Waals surface area (Å²) in [4.78, 5) is 11.9. The molecule has 0 aliphatic heterocycles. The molecule has 8 nitrogen and oxygen atoms in total. The van der Waals surface area contributed by atoms with Gasteiger partial charge in [0, 0.05) is 25.8 Å². The Morgan fingerprint density at radius 3 is 2.70 bits per heavy atom. The van der Waals surface area contributed by atoms with E-state index in [2.05, 4.69) is 10.5 Å². The van der Waals surface area contributed by atoms with E-state index < -0.39 is 15.9 Å². The summed E-state index contributed by atoms with van der Waals surface area (Å²) in [6, 6.07) is 7.53. The van der Waals surface area contributed by atoms with Crippen molar-refractivity contribution in [1.29, 1.82) is 0 Å². The summed E-state index contributed by atoms with van der Waals surface area (Å²) >= 11 is 0. The molecule has 0 aliphatic rings. The number of nitrogens with zero attached hydrogens (tertiary/aromatic N) is 2. The lowest BCUT2D eigenvalue weighted by Gasteiger charge is -2.12. The van der Waals surface area contributed by atoms with Gasteiger partial charge in [0.1, 0.15) is 5.76 Å². The molecule has 0 saturated carbocycles. The molecular weight excluding hydrogens is 322 g/mol. The van der Waals surface area contributed by atoms with Crippen molar-refractivity contribution in [3.8, 4) is 5.88 Å². The van der Waals surface area contributed by atoms with Gasteiger partial charge in [-0.25, -0.2) is 12.7 Å². The molecule has 124 valence electrons. The Balaban J connectivity index is 2.01. The highest BCUT2D eigenvalue weighted by Gasteiger charge is 2.17. The fraction of sp³-hybridized carbons (Fsp3) is 0.286. The van der Waals surface area contributed by atoms with Crippen molar-refractivity contribution in [2.24, 2.45) is 0 Å². The van der Waals surface area contributed by atoms with Gasteiger partial charge in [0.05, 0.1) is 4.90 Å². The number of hydrogen-bond donors (Lipinski definition) is 1. The first-order valence-electron chi connectivity index (χ1n) is 6.67. The molecule has 0 bridgehead atoms. The summed E-state index contributed by atoms with van der Waals surface area (Å²) in [6.45, 7) is 1.44. The summed E-state index contributed by atoms with van der Waals surface area (Å²) in [5.74, 6) is 0.341. The van der Waals surface area contributed by atoms with Crippen molar-refractivity contribution >= 4 is 21.6 Å². The van der Waals surface area contributed by atoms with E-state index >= 15 is 0 Å². The van der Waals surface area contributed by atoms with Gasteiger partial charge in [-0.1, -0.05) is 6.07 Å². The number of nitrogens with one attached hydrogen (secondary N) is 1. The van der Waals surface area contributed by atoms with E-state index in [1.54, 1.807) is 25.1 Å². The van der Waals surface area contributed by atoms with E-state index in [1.165, 1.54) is 26.2 Å². The van der Waals surface area contributed by atoms with Gasteiger partial charge in [-0.15, -0.1) is 0 Å². The molecule has 0 aliphatic carbocycles. The first-order valence-corrected chi connectivity index (χ1v) is 8.11. The molecule has 9 heteroatoms. The molecule has 1 aromatic carbocycles. The second-order valence-corrected chi connectivity index (χ2v) is 7.08. The second-order valence-electron chi connectivity index (χ2n) is 4.93. The smallest absolute Gasteiger partial charge is 0.262 e. The molecule has 1 aromatic heterocycles. The largest absolute Gasteiger partial charge is 0.465 e. The number of benzene rings is 1. The molecule has 1 heterocycles. The molecule has 23 heavy (non-hydrogen) atoms. The topological polar surface area (TPSA) is 102 Å². The van der Waals surface area contributed by atoms with Crippen LogP contribution in [0.2, 0.25) is 0 Å². The van der Waals surface area contributed by atoms with Crippen LogP contribution in [-0.2, 0) is 14.8 Å². The Kier molecular flexibility index (Phi) is 5.02. The quantitative estimate of drug-likeness (QED) is 0.850. The van der Waals surface area contributed by atoms with Crippen LogP contribution in [0.4, 0.5) is 5.69 Å². The number of sulfonamides is 1. The number of anilines is 1. The molecule has 0 atom stereocenters. The number of amides is 1. The van der Waals surface area contributed by atoms with Gasteiger partial charge in [0.2, 0.25) is 10.0 Å². The number of ether oxygens (including phenoxy) is 1. The van der Waals surface area contributed by atoms with Crippen LogP contribution in [0.15, 0.2) is 39.8 Å². The van der Waals surface area contributed by atoms with Gasteiger partial charge < -0.3 is 14.6 Å². The molecule has 2 rings (SSSR count). The number of carbonyl (C=O) groups excluding carboxylic acids is 1. The first kappa shape index (κ1) is 17.0. The molecule has 0 saturated heterocycles. The van der Waals surface area contributed by atoms with E-state index in [1.807, 2.05) is 0 Å². The minimum Gasteiger partial charge on any atom is -0.465 e. The minimum atomic E-state index is -3.56. The maximum absolute atomic E-state index is 12.1. The SMILES string of the molecule is Cc1cc(OCC(=O)Nc2cccc(S(=O)(=O)N(C)C)c2)no1. The van der Waals surface area contributed by atoms with Crippen LogP contribution >= 0.6 is 0 Å². The lowest BCUT2D eigenvalue weighted by atomic mass is 10.3. The monoisotopic (exact) mass is 339 g/mol. The number of carbonyl (C=O) groups is 1. The van der Waals surface area contributed by atoms with Crippen molar-refractivity contribution < 1.29 is 22.5 Å². The normalized spacial score (nSPS) is 11.5. The predicted molar refractivity (Wildman–Crippen MR) is 82.7 cm³/mol. The lowest BCUT2D eigenvalue weighted by Crippen LogP contribution is -2.23. The van der Waals surface area contributed by atoms with Gasteiger partial charge in [0.15, 0.2) is 6.61 Å². The van der Waals surface area contributed by atoms with Gasteiger partial charge in [-0.3, -0.25) is 4.79 Å². The maximum atomic E-state index is 12.1. The average Bonchev–Trinajstić information content (AvgIpc) is 2.91. The van der Waals surface area contributed by atoms with Gasteiger partial charge in [0.25, 0.3) is 11.8 Å². The third-order valence-corrected chi connectivity index (χ3v) is 4.66. The molecule has 2 aromatic rings. The van der Waals surface area contributed by atoms with Gasteiger partial charge in [-0.05, 0) is 30.3 Å². The second kappa shape index (κ2) is 6.80. The first-order chi connectivity index (χ1) is 10.8. The molecular formula is C14H17N3O5S. The maximum Gasteiger partial charge on any atom is 0.262 e. The fourth-order valence-corrected chi connectivity index (χ4v) is 2.64. The standard InChI is InChI=1S/C14H17N3O5S/c1-10-7-14(16-22-10)21-9-13(18)15-11-5-4-6-12(8-11)23(19,20)17(2)3/h4-8H,9H2,1-3H3,(H,15,18). The molecule has 1 N–H and O–H groups in total. The number of aromatic nitrogens is 1. The molecule has 0 fully saturated rings. The Morgan fingerprint density at radius 1 is 1.35 bits per heavy atom. The molecule has 1 amide bonds. The van der Waals surface area contributed by atoms with Crippen molar-refractivity contribution in [2.75, 3.05) is 26.0 Å². The van der Waals surface area contributed by atoms with Crippen LogP contribution < -0.4 is 10.1 Å². The van der Waals surface area contributed by atoms with E-state index in [9.17, 15) is 13.2 Å². The third kappa shape index (κ3) is 4.30. The zero-order chi connectivity index (χ0) is 17.0. The summed E-state index contributed by atoms with van der Waals surface area (Å²) in [7, 11) is -0.682. The number of aryl methyl sites for hydroxylation is 1. The lowest BCUT2D eigenvalue weighted by molar-refractivity contribution is -0.118. The summed E-state index contributed by atoms with van der Waals surface area (Å²) < 4.78 is 35.2. The summed E-state index contributed by atoms with van der Waals surface area (Å²) in [5, 5.41) is 6.16. The van der Waals surface area contributed by atoms with E-state index in [-0.39, 0.29) is 17.4 Å². The Bertz CT molecular complexity index is 798. The van der Waals surface area contributed by atoms with Crippen molar-refractivity contribution in [3.05, 3.63) is 36.1 Å². The van der Waals surface area contributed by atoms with Crippen LogP contribution in [-0.4, -0.2) is 44.5 Å². The van der Waals surface area contributed by atoms with E-state index in [0.717, 1.165) is 4.31 Å². The fourth-order valence-electron chi connectivity index (χ4n) is 1.69. The highest BCUT2D eigenvalue weighted by atomic mass is 32.2. The zero-order valence-electron chi connectivity index (χ0n) is 12.9. The molecule has 0 spiro atoms. The molecule has 0 radical (unpaired) electrons. The molecule has 0 unspecified atom stereocenters. The van der Waals surface area contributed by atoms with Crippen LogP contribution in [0.25, 0.3) is 0 Å². The van der Waals surface area contributed by atoms with Crippen molar-refractivity contribution in [2.45, 2.75) is 11.8 Å². The van der Waals surface area contributed by atoms with E-state index in [4.69, 9.17) is 9.26 Å². The van der Waals surface area contributed by atoms with Gasteiger partial charge in [-0.2, -0.15) is 0 Å². The van der Waals surface area contributed by atoms with Crippen LogP contribution in [0.3, 0.4) is 0 Å². The zero-order valence-corrected chi connectivity index (χ0v) is 13.8. The average molecular weight is 339 g/mol. The predicted octanol–water partition coefficient (Wildman–Crippen LogP) is 1.25. The van der Waals surface area contributed by atoms with Crippen LogP contribution in [0.5, 0.6) is 5.88 Å². The highest BCUT2D eigenvalue weighted by molar-refractivity contribution is 7.89. The summed E-state index contributed by atoms with van der Waals surface area (Å²) in [6.07, 6.45) is 0. The summed E-state index contributed by atoms with van der Waals surface area (Å²) in [5.41, 5.74) is 0.359.